The highest BCUT2D eigenvalue weighted by Gasteiger charge is 2.32. The molecule has 96 valence electrons. The van der Waals surface area contributed by atoms with Crippen LogP contribution >= 0.6 is 11.3 Å². The first-order valence-corrected chi connectivity index (χ1v) is 5.91. The molecule has 18 heavy (non-hydrogen) atoms. The normalized spacial score (nSPS) is 13.3. The molecule has 0 aliphatic carbocycles. The van der Waals surface area contributed by atoms with E-state index in [0.717, 1.165) is 11.1 Å². The largest absolute Gasteiger partial charge is 0.435 e. The molecule has 2 aromatic rings. The molecule has 0 aromatic carbocycles. The van der Waals surface area contributed by atoms with Crippen molar-refractivity contribution in [2.45, 2.75) is 19.1 Å². The molecule has 0 saturated heterocycles. The summed E-state index contributed by atoms with van der Waals surface area (Å²) in [7, 11) is 0. The Kier molecular flexibility index (Phi) is 3.46. The second-order valence-corrected chi connectivity index (χ2v) is 4.46. The average Bonchev–Trinajstić information content (AvgIpc) is 2.82. The van der Waals surface area contributed by atoms with E-state index >= 15 is 0 Å². The lowest BCUT2D eigenvalue weighted by atomic mass is 10.3. The van der Waals surface area contributed by atoms with Crippen molar-refractivity contribution in [2.24, 2.45) is 0 Å². The third-order valence-electron chi connectivity index (χ3n) is 2.14. The maximum Gasteiger partial charge on any atom is 0.435 e. The zero-order valence-corrected chi connectivity index (χ0v) is 10.1. The Morgan fingerprint density at radius 1 is 1.28 bits per heavy atom. The van der Waals surface area contributed by atoms with Crippen molar-refractivity contribution >= 4 is 17.2 Å². The van der Waals surface area contributed by atoms with Gasteiger partial charge in [0.1, 0.15) is 10.8 Å². The summed E-state index contributed by atoms with van der Waals surface area (Å²) in [5.41, 5.74) is -1.00. The van der Waals surface area contributed by atoms with Crippen molar-refractivity contribution < 1.29 is 13.2 Å². The predicted molar refractivity (Wildman–Crippen MR) is 61.2 cm³/mol. The van der Waals surface area contributed by atoms with E-state index in [1.54, 1.807) is 6.20 Å². The minimum atomic E-state index is -4.47. The maximum atomic E-state index is 12.3. The highest BCUT2D eigenvalue weighted by molar-refractivity contribution is 7.09. The molecule has 1 atom stereocenters. The molecule has 2 heterocycles. The molecule has 0 amide bonds. The molecule has 0 aliphatic heterocycles. The van der Waals surface area contributed by atoms with E-state index in [9.17, 15) is 13.2 Å². The molecule has 0 radical (unpaired) electrons. The lowest BCUT2D eigenvalue weighted by molar-refractivity contribution is -0.141. The van der Waals surface area contributed by atoms with E-state index in [2.05, 4.69) is 20.5 Å². The summed E-state index contributed by atoms with van der Waals surface area (Å²) in [6, 6.07) is 2.01. The number of aromatic nitrogens is 3. The van der Waals surface area contributed by atoms with E-state index in [1.807, 2.05) is 12.3 Å². The average molecular weight is 274 g/mol. The Morgan fingerprint density at radius 3 is 2.56 bits per heavy atom. The topological polar surface area (TPSA) is 50.7 Å². The number of anilines is 1. The molecule has 1 unspecified atom stereocenters. The van der Waals surface area contributed by atoms with Crippen LogP contribution in [0.2, 0.25) is 0 Å². The van der Waals surface area contributed by atoms with Crippen LogP contribution in [0.4, 0.5) is 19.0 Å². The summed E-state index contributed by atoms with van der Waals surface area (Å²) in [4.78, 5) is 4.10. The summed E-state index contributed by atoms with van der Waals surface area (Å²) in [6.45, 7) is 1.85. The van der Waals surface area contributed by atoms with Crippen LogP contribution in [0, 0.1) is 0 Å². The van der Waals surface area contributed by atoms with Crippen LogP contribution in [0.15, 0.2) is 23.7 Å². The van der Waals surface area contributed by atoms with Gasteiger partial charge >= 0.3 is 6.18 Å². The van der Waals surface area contributed by atoms with Gasteiger partial charge in [0, 0.05) is 11.6 Å². The van der Waals surface area contributed by atoms with Gasteiger partial charge in [0.05, 0.1) is 6.04 Å². The fourth-order valence-electron chi connectivity index (χ4n) is 1.29. The third kappa shape index (κ3) is 2.95. The van der Waals surface area contributed by atoms with Crippen molar-refractivity contribution in [2.75, 3.05) is 5.32 Å². The molecular formula is C10H9F3N4S. The molecular weight excluding hydrogens is 265 g/mol. The van der Waals surface area contributed by atoms with Gasteiger partial charge in [-0.25, -0.2) is 4.98 Å². The zero-order valence-electron chi connectivity index (χ0n) is 9.27. The number of nitrogens with one attached hydrogen (secondary N) is 1. The van der Waals surface area contributed by atoms with Crippen LogP contribution in [0.5, 0.6) is 0 Å². The van der Waals surface area contributed by atoms with Crippen molar-refractivity contribution in [3.63, 3.8) is 0 Å². The quantitative estimate of drug-likeness (QED) is 0.934. The highest BCUT2D eigenvalue weighted by atomic mass is 32.1. The Balaban J connectivity index is 2.07. The van der Waals surface area contributed by atoms with Crippen molar-refractivity contribution in [3.05, 3.63) is 34.4 Å². The number of hydrogen-bond acceptors (Lipinski definition) is 5. The van der Waals surface area contributed by atoms with E-state index in [1.165, 1.54) is 17.4 Å². The van der Waals surface area contributed by atoms with Crippen LogP contribution in [-0.2, 0) is 6.18 Å². The lowest BCUT2D eigenvalue weighted by Crippen LogP contribution is -2.12. The number of halogens is 3. The second kappa shape index (κ2) is 4.89. The summed E-state index contributed by atoms with van der Waals surface area (Å²) in [5, 5.41) is 12.2. The van der Waals surface area contributed by atoms with Gasteiger partial charge in [-0.05, 0) is 19.1 Å². The van der Waals surface area contributed by atoms with Crippen molar-refractivity contribution in [3.8, 4) is 0 Å². The molecule has 0 saturated carbocycles. The lowest BCUT2D eigenvalue weighted by Gasteiger charge is -2.11. The Hall–Kier alpha value is -1.70. The second-order valence-electron chi connectivity index (χ2n) is 3.54. The summed E-state index contributed by atoms with van der Waals surface area (Å²) in [6.07, 6.45) is -2.80. The molecule has 1 N–H and O–H groups in total. The van der Waals surface area contributed by atoms with Crippen LogP contribution in [0.1, 0.15) is 23.7 Å². The number of hydrogen-bond donors (Lipinski definition) is 1. The molecule has 0 bridgehead atoms. The number of alkyl halides is 3. The zero-order chi connectivity index (χ0) is 13.2. The summed E-state index contributed by atoms with van der Waals surface area (Å²) < 4.78 is 36.8. The van der Waals surface area contributed by atoms with E-state index in [4.69, 9.17) is 0 Å². The Bertz CT molecular complexity index is 495. The van der Waals surface area contributed by atoms with Gasteiger partial charge < -0.3 is 5.32 Å². The van der Waals surface area contributed by atoms with Crippen LogP contribution in [0.3, 0.4) is 0 Å². The van der Waals surface area contributed by atoms with Gasteiger partial charge in [-0.2, -0.15) is 13.2 Å². The van der Waals surface area contributed by atoms with Crippen LogP contribution in [0.25, 0.3) is 0 Å². The Morgan fingerprint density at radius 2 is 2.06 bits per heavy atom. The van der Waals surface area contributed by atoms with Crippen molar-refractivity contribution in [1.29, 1.82) is 0 Å². The third-order valence-corrected chi connectivity index (χ3v) is 3.10. The standard InChI is InChI=1S/C10H9F3N4S/c1-6(9-14-4-5-18-9)15-8-3-2-7(16-17-8)10(11,12)13/h2-6H,1H3,(H,15,17). The fourth-order valence-corrected chi connectivity index (χ4v) is 1.94. The number of thiazole rings is 1. The van der Waals surface area contributed by atoms with E-state index < -0.39 is 11.9 Å². The number of nitrogens with zero attached hydrogens (tertiary/aromatic N) is 3. The van der Waals surface area contributed by atoms with Gasteiger partial charge in [0.25, 0.3) is 0 Å². The monoisotopic (exact) mass is 274 g/mol. The highest BCUT2D eigenvalue weighted by Crippen LogP contribution is 2.27. The van der Waals surface area contributed by atoms with E-state index in [0.29, 0.717) is 0 Å². The number of rotatable bonds is 3. The first-order chi connectivity index (χ1) is 8.47. The minimum Gasteiger partial charge on any atom is -0.360 e. The summed E-state index contributed by atoms with van der Waals surface area (Å²) in [5.74, 6) is 0.283. The minimum absolute atomic E-state index is 0.129. The van der Waals surface area contributed by atoms with Crippen molar-refractivity contribution in [1.82, 2.24) is 15.2 Å². The molecule has 0 spiro atoms. The first-order valence-electron chi connectivity index (χ1n) is 5.03. The fraction of sp³-hybridized carbons (Fsp3) is 0.300. The van der Waals surface area contributed by atoms with Gasteiger partial charge in [0.15, 0.2) is 5.69 Å². The van der Waals surface area contributed by atoms with Gasteiger partial charge in [0.2, 0.25) is 0 Å². The van der Waals surface area contributed by atoms with Gasteiger partial charge in [-0.3, -0.25) is 0 Å². The van der Waals surface area contributed by atoms with Gasteiger partial charge in [-0.1, -0.05) is 0 Å². The van der Waals surface area contributed by atoms with E-state index in [-0.39, 0.29) is 11.9 Å². The van der Waals surface area contributed by atoms with Gasteiger partial charge in [-0.15, -0.1) is 21.5 Å². The molecule has 4 nitrogen and oxygen atoms in total. The predicted octanol–water partition coefficient (Wildman–Crippen LogP) is 3.13. The van der Waals surface area contributed by atoms with Crippen LogP contribution < -0.4 is 5.32 Å². The smallest absolute Gasteiger partial charge is 0.360 e. The molecule has 8 heteroatoms. The maximum absolute atomic E-state index is 12.3. The first kappa shape index (κ1) is 12.7. The molecule has 2 aromatic heterocycles. The van der Waals surface area contributed by atoms with Crippen LogP contribution in [-0.4, -0.2) is 15.2 Å². The molecule has 0 aliphatic rings. The molecule has 0 fully saturated rings. The Labute approximate surface area is 105 Å². The SMILES string of the molecule is CC(Nc1ccc(C(F)(F)F)nn1)c1nccs1. The summed E-state index contributed by atoms with van der Waals surface area (Å²) >= 11 is 1.46. The molecule has 2 rings (SSSR count).